The van der Waals surface area contributed by atoms with Crippen LogP contribution >= 0.6 is 0 Å². The Morgan fingerprint density at radius 2 is 2.06 bits per heavy atom. The molecule has 3 heteroatoms. The maximum atomic E-state index is 6.47. The van der Waals surface area contributed by atoms with Crippen molar-refractivity contribution in [2.24, 2.45) is 11.7 Å². The first-order chi connectivity index (χ1) is 7.64. The number of ether oxygens (including phenoxy) is 1. The number of nitrogens with zero attached hydrogens (tertiary/aromatic N) is 1. The summed E-state index contributed by atoms with van der Waals surface area (Å²) < 4.78 is 5.19. The van der Waals surface area contributed by atoms with Gasteiger partial charge < -0.3 is 10.5 Å². The van der Waals surface area contributed by atoms with Crippen molar-refractivity contribution in [2.45, 2.75) is 38.1 Å². The minimum atomic E-state index is -0.200. The molecular weight excluding hydrogens is 200 g/mol. The van der Waals surface area contributed by atoms with E-state index in [9.17, 15) is 0 Å². The van der Waals surface area contributed by atoms with Crippen LogP contribution in [0.4, 0.5) is 0 Å². The van der Waals surface area contributed by atoms with E-state index in [0.29, 0.717) is 0 Å². The molecule has 1 aromatic heterocycles. The molecule has 0 amide bonds. The summed E-state index contributed by atoms with van der Waals surface area (Å²) in [5, 5.41) is 0. The third kappa shape index (κ3) is 2.19. The molecule has 2 rings (SSSR count). The van der Waals surface area contributed by atoms with E-state index >= 15 is 0 Å². The molecule has 3 nitrogen and oxygen atoms in total. The van der Waals surface area contributed by atoms with Gasteiger partial charge in [-0.3, -0.25) is 4.98 Å². The van der Waals surface area contributed by atoms with Crippen LogP contribution in [-0.2, 0) is 5.54 Å². The number of pyridine rings is 1. The fourth-order valence-electron chi connectivity index (χ4n) is 2.37. The lowest BCUT2D eigenvalue weighted by Gasteiger charge is -2.36. The standard InChI is InChI=1S/C13H20N2O/c1-10-3-5-13(14,6-4-10)11-7-12(16-2)9-15-8-11/h7-10H,3-6,14H2,1-2H3. The molecule has 0 radical (unpaired) electrons. The van der Waals surface area contributed by atoms with E-state index in [0.717, 1.165) is 30.1 Å². The fraction of sp³-hybridized carbons (Fsp3) is 0.615. The Balaban J connectivity index is 2.21. The molecule has 2 N–H and O–H groups in total. The van der Waals surface area contributed by atoms with Crippen molar-refractivity contribution >= 4 is 0 Å². The average molecular weight is 220 g/mol. The maximum absolute atomic E-state index is 6.47. The first kappa shape index (κ1) is 11.4. The molecule has 0 unspecified atom stereocenters. The van der Waals surface area contributed by atoms with E-state index in [1.165, 1.54) is 12.8 Å². The van der Waals surface area contributed by atoms with Gasteiger partial charge in [0, 0.05) is 11.7 Å². The number of rotatable bonds is 2. The summed E-state index contributed by atoms with van der Waals surface area (Å²) >= 11 is 0. The van der Waals surface area contributed by atoms with Gasteiger partial charge in [-0.05, 0) is 43.2 Å². The van der Waals surface area contributed by atoms with E-state index in [2.05, 4.69) is 11.9 Å². The molecule has 0 saturated heterocycles. The van der Waals surface area contributed by atoms with Crippen molar-refractivity contribution in [3.05, 3.63) is 24.0 Å². The quantitative estimate of drug-likeness (QED) is 0.832. The van der Waals surface area contributed by atoms with E-state index in [1.54, 1.807) is 13.3 Å². The smallest absolute Gasteiger partial charge is 0.137 e. The van der Waals surface area contributed by atoms with Crippen LogP contribution in [0.15, 0.2) is 18.5 Å². The lowest BCUT2D eigenvalue weighted by Crippen LogP contribution is -2.40. The molecular formula is C13H20N2O. The Hall–Kier alpha value is -1.09. The molecule has 1 saturated carbocycles. The van der Waals surface area contributed by atoms with Gasteiger partial charge in [-0.25, -0.2) is 0 Å². The van der Waals surface area contributed by atoms with Crippen molar-refractivity contribution in [3.63, 3.8) is 0 Å². The van der Waals surface area contributed by atoms with Crippen LogP contribution in [0.1, 0.15) is 38.2 Å². The Labute approximate surface area is 97.0 Å². The number of hydrogen-bond donors (Lipinski definition) is 1. The second kappa shape index (κ2) is 4.42. The van der Waals surface area contributed by atoms with E-state index in [-0.39, 0.29) is 5.54 Å². The van der Waals surface area contributed by atoms with Crippen molar-refractivity contribution in [1.82, 2.24) is 4.98 Å². The molecule has 0 bridgehead atoms. The Kier molecular flexibility index (Phi) is 3.15. The monoisotopic (exact) mass is 220 g/mol. The van der Waals surface area contributed by atoms with Crippen molar-refractivity contribution in [3.8, 4) is 5.75 Å². The summed E-state index contributed by atoms with van der Waals surface area (Å²) in [5.74, 6) is 1.59. The summed E-state index contributed by atoms with van der Waals surface area (Å²) in [5.41, 5.74) is 7.38. The van der Waals surface area contributed by atoms with Gasteiger partial charge in [-0.1, -0.05) is 6.92 Å². The first-order valence-corrected chi connectivity index (χ1v) is 5.92. The lowest BCUT2D eigenvalue weighted by atomic mass is 9.74. The third-order valence-corrected chi connectivity index (χ3v) is 3.69. The number of nitrogens with two attached hydrogens (primary N) is 1. The largest absolute Gasteiger partial charge is 0.495 e. The average Bonchev–Trinajstić information content (AvgIpc) is 2.33. The van der Waals surface area contributed by atoms with Crippen LogP contribution in [0.2, 0.25) is 0 Å². The van der Waals surface area contributed by atoms with E-state index < -0.39 is 0 Å². The van der Waals surface area contributed by atoms with Gasteiger partial charge in [0.15, 0.2) is 0 Å². The number of hydrogen-bond acceptors (Lipinski definition) is 3. The zero-order chi connectivity index (χ0) is 11.6. The van der Waals surface area contributed by atoms with Crippen molar-refractivity contribution in [2.75, 3.05) is 7.11 Å². The summed E-state index contributed by atoms with van der Waals surface area (Å²) in [7, 11) is 1.66. The van der Waals surface area contributed by atoms with Crippen LogP contribution in [0.3, 0.4) is 0 Å². The van der Waals surface area contributed by atoms with Gasteiger partial charge in [0.1, 0.15) is 5.75 Å². The molecule has 1 aliphatic rings. The van der Waals surface area contributed by atoms with Crippen LogP contribution in [0.5, 0.6) is 5.75 Å². The summed E-state index contributed by atoms with van der Waals surface area (Å²) in [6.07, 6.45) is 8.09. The molecule has 0 spiro atoms. The normalized spacial score (nSPS) is 30.1. The van der Waals surface area contributed by atoms with Crippen LogP contribution < -0.4 is 10.5 Å². The Morgan fingerprint density at radius 1 is 1.38 bits per heavy atom. The van der Waals surface area contributed by atoms with E-state index in [1.807, 2.05) is 12.3 Å². The van der Waals surface area contributed by atoms with Crippen molar-refractivity contribution < 1.29 is 4.74 Å². The summed E-state index contributed by atoms with van der Waals surface area (Å²) in [4.78, 5) is 4.19. The van der Waals surface area contributed by atoms with Gasteiger partial charge in [-0.2, -0.15) is 0 Å². The first-order valence-electron chi connectivity index (χ1n) is 5.92. The lowest BCUT2D eigenvalue weighted by molar-refractivity contribution is 0.246. The molecule has 16 heavy (non-hydrogen) atoms. The van der Waals surface area contributed by atoms with Gasteiger partial charge in [0.25, 0.3) is 0 Å². The predicted octanol–water partition coefficient (Wildman–Crippen LogP) is 2.45. The van der Waals surface area contributed by atoms with Gasteiger partial charge >= 0.3 is 0 Å². The highest BCUT2D eigenvalue weighted by atomic mass is 16.5. The highest BCUT2D eigenvalue weighted by molar-refractivity contribution is 5.29. The second-order valence-corrected chi connectivity index (χ2v) is 4.95. The third-order valence-electron chi connectivity index (χ3n) is 3.69. The summed E-state index contributed by atoms with van der Waals surface area (Å²) in [6.45, 7) is 2.30. The number of aromatic nitrogens is 1. The van der Waals surface area contributed by atoms with Gasteiger partial charge in [-0.15, -0.1) is 0 Å². The van der Waals surface area contributed by atoms with Gasteiger partial charge in [0.2, 0.25) is 0 Å². The molecule has 0 aliphatic heterocycles. The van der Waals surface area contributed by atoms with Crippen LogP contribution in [-0.4, -0.2) is 12.1 Å². The maximum Gasteiger partial charge on any atom is 0.137 e. The highest BCUT2D eigenvalue weighted by Gasteiger charge is 2.32. The van der Waals surface area contributed by atoms with Crippen molar-refractivity contribution in [1.29, 1.82) is 0 Å². The zero-order valence-corrected chi connectivity index (χ0v) is 10.1. The topological polar surface area (TPSA) is 48.1 Å². The minimum absolute atomic E-state index is 0.200. The molecule has 1 heterocycles. The minimum Gasteiger partial charge on any atom is -0.495 e. The fourth-order valence-corrected chi connectivity index (χ4v) is 2.37. The Bertz CT molecular complexity index is 357. The molecule has 1 aliphatic carbocycles. The molecule has 1 aromatic rings. The zero-order valence-electron chi connectivity index (χ0n) is 10.1. The molecule has 1 fully saturated rings. The molecule has 0 aromatic carbocycles. The molecule has 0 atom stereocenters. The highest BCUT2D eigenvalue weighted by Crippen LogP contribution is 2.37. The van der Waals surface area contributed by atoms with Gasteiger partial charge in [0.05, 0.1) is 13.3 Å². The summed E-state index contributed by atoms with van der Waals surface area (Å²) in [6, 6.07) is 2.02. The van der Waals surface area contributed by atoms with E-state index in [4.69, 9.17) is 10.5 Å². The predicted molar refractivity (Wildman–Crippen MR) is 64.3 cm³/mol. The number of methoxy groups -OCH3 is 1. The SMILES string of the molecule is COc1cncc(C2(N)CCC(C)CC2)c1. The van der Waals surface area contributed by atoms with Crippen LogP contribution in [0, 0.1) is 5.92 Å². The second-order valence-electron chi connectivity index (χ2n) is 4.95. The molecule has 88 valence electrons. The Morgan fingerprint density at radius 3 is 2.69 bits per heavy atom. The van der Waals surface area contributed by atoms with Crippen LogP contribution in [0.25, 0.3) is 0 Å².